The maximum absolute atomic E-state index is 11.0. The zero-order chi connectivity index (χ0) is 18.9. The van der Waals surface area contributed by atoms with E-state index in [1.54, 1.807) is 0 Å². The molecule has 0 aromatic heterocycles. The topological polar surface area (TPSA) is 110 Å². The molecule has 0 radical (unpaired) electrons. The summed E-state index contributed by atoms with van der Waals surface area (Å²) in [6.45, 7) is 2.10. The third-order valence-electron chi connectivity index (χ3n) is 3.00. The van der Waals surface area contributed by atoms with Crippen LogP contribution in [0.5, 0.6) is 0 Å². The lowest BCUT2D eigenvalue weighted by Crippen LogP contribution is -2.35. The third-order valence-corrected chi connectivity index (χ3v) is 3.00. The van der Waals surface area contributed by atoms with Crippen molar-refractivity contribution in [2.75, 3.05) is 80.6 Å². The summed E-state index contributed by atoms with van der Waals surface area (Å²) < 4.78 is 29.0. The van der Waals surface area contributed by atoms with Gasteiger partial charge in [0, 0.05) is 19.6 Å². The van der Waals surface area contributed by atoms with Gasteiger partial charge in [-0.3, -0.25) is 4.90 Å². The molecule has 0 aromatic rings. The van der Waals surface area contributed by atoms with E-state index >= 15 is 0 Å². The maximum atomic E-state index is 11.0. The van der Waals surface area contributed by atoms with Crippen LogP contribution in [0, 0.1) is 0 Å². The molecule has 0 spiro atoms. The van der Waals surface area contributed by atoms with Crippen LogP contribution in [0.25, 0.3) is 0 Å². The van der Waals surface area contributed by atoms with Crippen molar-refractivity contribution in [1.29, 1.82) is 0 Å². The summed E-state index contributed by atoms with van der Waals surface area (Å²) in [6.07, 6.45) is 0. The van der Waals surface area contributed by atoms with Gasteiger partial charge in [0.05, 0.1) is 41.2 Å². The van der Waals surface area contributed by atoms with Crippen LogP contribution in [-0.2, 0) is 42.8 Å². The number of esters is 3. The summed E-state index contributed by atoms with van der Waals surface area (Å²) in [4.78, 5) is 34.9. The first-order valence-corrected chi connectivity index (χ1v) is 7.69. The Morgan fingerprint density at radius 3 is 1.12 bits per heavy atom. The largest absolute Gasteiger partial charge is 0.467 e. The second-order valence-electron chi connectivity index (χ2n) is 4.73. The molecule has 0 saturated heterocycles. The molecule has 10 nitrogen and oxygen atoms in total. The number of hydrogen-bond acceptors (Lipinski definition) is 10. The average Bonchev–Trinajstić information content (AvgIpc) is 2.63. The second-order valence-corrected chi connectivity index (χ2v) is 4.73. The summed E-state index contributed by atoms with van der Waals surface area (Å²) in [7, 11) is 3.86. The molecule has 0 rings (SSSR count). The molecule has 25 heavy (non-hydrogen) atoms. The van der Waals surface area contributed by atoms with E-state index in [2.05, 4.69) is 14.2 Å². The molecule has 146 valence electrons. The number of methoxy groups -OCH3 is 3. The first kappa shape index (κ1) is 23.2. The molecule has 0 heterocycles. The van der Waals surface area contributed by atoms with E-state index in [1.165, 1.54) is 21.3 Å². The fourth-order valence-electron chi connectivity index (χ4n) is 1.56. The number of ether oxygens (including phenoxy) is 6. The summed E-state index contributed by atoms with van der Waals surface area (Å²) in [5.74, 6) is -1.35. The fourth-order valence-corrected chi connectivity index (χ4v) is 1.56. The van der Waals surface area contributed by atoms with E-state index in [4.69, 9.17) is 14.2 Å². The van der Waals surface area contributed by atoms with E-state index in [0.29, 0.717) is 39.5 Å². The predicted octanol–water partition coefficient (Wildman–Crippen LogP) is -1.14. The quantitative estimate of drug-likeness (QED) is 0.201. The van der Waals surface area contributed by atoms with Gasteiger partial charge < -0.3 is 28.4 Å². The van der Waals surface area contributed by atoms with Crippen molar-refractivity contribution in [3.63, 3.8) is 0 Å². The molecule has 0 fully saturated rings. The molecule has 0 aliphatic rings. The standard InChI is InChI=1S/C15H27NO9/c1-20-13(17)10-23-7-4-16(5-8-24-11-14(18)21-2)6-9-25-12-15(19)22-3/h4-12H2,1-3H3. The lowest BCUT2D eigenvalue weighted by atomic mass is 10.4. The van der Waals surface area contributed by atoms with Gasteiger partial charge in [0.2, 0.25) is 0 Å². The number of carbonyl (C=O) groups excluding carboxylic acids is 3. The van der Waals surface area contributed by atoms with Gasteiger partial charge in [-0.25, -0.2) is 14.4 Å². The van der Waals surface area contributed by atoms with Crippen LogP contribution in [0.2, 0.25) is 0 Å². The lowest BCUT2D eigenvalue weighted by Gasteiger charge is -2.21. The van der Waals surface area contributed by atoms with E-state index in [-0.39, 0.29) is 19.8 Å². The SMILES string of the molecule is COC(=O)COCCN(CCOCC(=O)OC)CCOCC(=O)OC. The highest BCUT2D eigenvalue weighted by atomic mass is 16.6. The number of nitrogens with zero attached hydrogens (tertiary/aromatic N) is 1. The van der Waals surface area contributed by atoms with Crippen molar-refractivity contribution in [3.05, 3.63) is 0 Å². The van der Waals surface area contributed by atoms with Gasteiger partial charge >= 0.3 is 17.9 Å². The fraction of sp³-hybridized carbons (Fsp3) is 0.800. The predicted molar refractivity (Wildman–Crippen MR) is 84.9 cm³/mol. The van der Waals surface area contributed by atoms with Crippen molar-refractivity contribution >= 4 is 17.9 Å². The van der Waals surface area contributed by atoms with Crippen LogP contribution >= 0.6 is 0 Å². The Hall–Kier alpha value is -1.75. The van der Waals surface area contributed by atoms with Crippen molar-refractivity contribution in [1.82, 2.24) is 4.90 Å². The number of carbonyl (C=O) groups is 3. The molecule has 0 atom stereocenters. The highest BCUT2D eigenvalue weighted by Crippen LogP contribution is 1.93. The van der Waals surface area contributed by atoms with Crippen LogP contribution in [-0.4, -0.2) is 103 Å². The Morgan fingerprint density at radius 1 is 0.600 bits per heavy atom. The van der Waals surface area contributed by atoms with Crippen LogP contribution in [0.3, 0.4) is 0 Å². The normalized spacial score (nSPS) is 10.6. The number of rotatable bonds is 15. The van der Waals surface area contributed by atoms with Crippen molar-refractivity contribution in [2.24, 2.45) is 0 Å². The molecule has 0 saturated carbocycles. The summed E-state index contributed by atoms with van der Waals surface area (Å²) >= 11 is 0. The van der Waals surface area contributed by atoms with Gasteiger partial charge in [0.1, 0.15) is 19.8 Å². The van der Waals surface area contributed by atoms with E-state index in [9.17, 15) is 14.4 Å². The smallest absolute Gasteiger partial charge is 0.331 e. The molecule has 0 bridgehead atoms. The lowest BCUT2D eigenvalue weighted by molar-refractivity contribution is -0.146. The minimum atomic E-state index is -0.450. The second kappa shape index (κ2) is 15.8. The summed E-state index contributed by atoms with van der Waals surface area (Å²) in [6, 6.07) is 0. The zero-order valence-corrected chi connectivity index (χ0v) is 15.0. The average molecular weight is 365 g/mol. The van der Waals surface area contributed by atoms with Gasteiger partial charge in [-0.2, -0.15) is 0 Å². The molecule has 10 heteroatoms. The van der Waals surface area contributed by atoms with E-state index in [0.717, 1.165) is 0 Å². The molecular weight excluding hydrogens is 338 g/mol. The van der Waals surface area contributed by atoms with Crippen molar-refractivity contribution < 1.29 is 42.8 Å². The zero-order valence-electron chi connectivity index (χ0n) is 15.0. The first-order chi connectivity index (χ1) is 12.0. The van der Waals surface area contributed by atoms with Gasteiger partial charge in [-0.1, -0.05) is 0 Å². The van der Waals surface area contributed by atoms with Crippen LogP contribution in [0.4, 0.5) is 0 Å². The Bertz CT molecular complexity index is 332. The highest BCUT2D eigenvalue weighted by molar-refractivity contribution is 5.71. The molecule has 0 unspecified atom stereocenters. The Labute approximate surface area is 147 Å². The number of hydrogen-bond donors (Lipinski definition) is 0. The van der Waals surface area contributed by atoms with Crippen LogP contribution in [0.15, 0.2) is 0 Å². The Morgan fingerprint density at radius 2 is 0.880 bits per heavy atom. The van der Waals surface area contributed by atoms with Crippen molar-refractivity contribution in [3.8, 4) is 0 Å². The third kappa shape index (κ3) is 14.3. The van der Waals surface area contributed by atoms with E-state index in [1.807, 2.05) is 4.90 Å². The molecule has 0 aliphatic carbocycles. The molecule has 0 N–H and O–H groups in total. The molecule has 0 amide bonds. The Kier molecular flexibility index (Phi) is 14.7. The molecule has 0 aliphatic heterocycles. The van der Waals surface area contributed by atoms with E-state index < -0.39 is 17.9 Å². The Balaban J connectivity index is 4.05. The van der Waals surface area contributed by atoms with Gasteiger partial charge in [0.15, 0.2) is 0 Å². The molecule has 0 aromatic carbocycles. The summed E-state index contributed by atoms with van der Waals surface area (Å²) in [5.41, 5.74) is 0. The summed E-state index contributed by atoms with van der Waals surface area (Å²) in [5, 5.41) is 0. The van der Waals surface area contributed by atoms with Gasteiger partial charge in [-0.15, -0.1) is 0 Å². The van der Waals surface area contributed by atoms with Gasteiger partial charge in [-0.05, 0) is 0 Å². The minimum Gasteiger partial charge on any atom is -0.467 e. The minimum absolute atomic E-state index is 0.123. The monoisotopic (exact) mass is 365 g/mol. The first-order valence-electron chi connectivity index (χ1n) is 7.69. The van der Waals surface area contributed by atoms with Crippen LogP contribution in [0.1, 0.15) is 0 Å². The highest BCUT2D eigenvalue weighted by Gasteiger charge is 2.08. The van der Waals surface area contributed by atoms with Crippen molar-refractivity contribution in [2.45, 2.75) is 0 Å². The van der Waals surface area contributed by atoms with Gasteiger partial charge in [0.25, 0.3) is 0 Å². The van der Waals surface area contributed by atoms with Crippen LogP contribution < -0.4 is 0 Å². The molecular formula is C15H27NO9. The maximum Gasteiger partial charge on any atom is 0.331 e.